The Morgan fingerprint density at radius 2 is 2.04 bits per heavy atom. The molecule has 3 rings (SSSR count). The lowest BCUT2D eigenvalue weighted by Crippen LogP contribution is -2.14. The van der Waals surface area contributed by atoms with Gasteiger partial charge in [-0.1, -0.05) is 18.2 Å². The van der Waals surface area contributed by atoms with E-state index < -0.39 is 12.0 Å². The Morgan fingerprint density at radius 1 is 1.29 bits per heavy atom. The van der Waals surface area contributed by atoms with Crippen molar-refractivity contribution in [2.75, 3.05) is 0 Å². The van der Waals surface area contributed by atoms with Gasteiger partial charge in [0.15, 0.2) is 5.75 Å². The number of aldehydes is 1. The minimum absolute atomic E-state index is 0. The SMILES string of the molecule is Cl.NC(CC=O)c1cc(OC(=O)c2ccccc2)c2sccc2n1. The summed E-state index contributed by atoms with van der Waals surface area (Å²) in [7, 11) is 0. The molecule has 124 valence electrons. The number of nitrogens with two attached hydrogens (primary N) is 1. The van der Waals surface area contributed by atoms with Gasteiger partial charge in [0.1, 0.15) is 6.29 Å². The molecular weight excluding hydrogens is 348 g/mol. The van der Waals surface area contributed by atoms with Crippen LogP contribution in [-0.4, -0.2) is 17.2 Å². The summed E-state index contributed by atoms with van der Waals surface area (Å²) in [5, 5.41) is 1.87. The summed E-state index contributed by atoms with van der Waals surface area (Å²) in [5.74, 6) is -0.0309. The van der Waals surface area contributed by atoms with Gasteiger partial charge in [-0.05, 0) is 23.6 Å². The fraction of sp³-hybridized carbons (Fsp3) is 0.118. The number of hydrogen-bond acceptors (Lipinski definition) is 6. The van der Waals surface area contributed by atoms with Gasteiger partial charge in [0, 0.05) is 12.5 Å². The number of aromatic nitrogens is 1. The number of nitrogens with zero attached hydrogens (tertiary/aromatic N) is 1. The predicted molar refractivity (Wildman–Crippen MR) is 95.9 cm³/mol. The van der Waals surface area contributed by atoms with Gasteiger partial charge in [-0.15, -0.1) is 23.7 Å². The molecule has 0 radical (unpaired) electrons. The first-order valence-corrected chi connectivity index (χ1v) is 7.91. The highest BCUT2D eigenvalue weighted by Crippen LogP contribution is 2.32. The van der Waals surface area contributed by atoms with Crippen molar-refractivity contribution in [3.05, 3.63) is 59.1 Å². The molecule has 1 unspecified atom stereocenters. The molecule has 0 aliphatic heterocycles. The lowest BCUT2D eigenvalue weighted by molar-refractivity contribution is -0.108. The van der Waals surface area contributed by atoms with Gasteiger partial charge < -0.3 is 15.3 Å². The summed E-state index contributed by atoms with van der Waals surface area (Å²) in [6.45, 7) is 0. The Balaban J connectivity index is 0.00000208. The minimum atomic E-state index is -0.522. The van der Waals surface area contributed by atoms with Crippen LogP contribution < -0.4 is 10.5 Å². The van der Waals surface area contributed by atoms with Crippen molar-refractivity contribution < 1.29 is 14.3 Å². The normalized spacial score (nSPS) is 11.5. The van der Waals surface area contributed by atoms with Gasteiger partial charge in [-0.25, -0.2) is 9.78 Å². The zero-order valence-electron chi connectivity index (χ0n) is 12.5. The minimum Gasteiger partial charge on any atom is -0.421 e. The maximum absolute atomic E-state index is 12.3. The molecule has 0 aliphatic carbocycles. The molecule has 2 N–H and O–H groups in total. The number of fused-ring (bicyclic) bond motifs is 1. The number of thiophene rings is 1. The third kappa shape index (κ3) is 3.79. The van der Waals surface area contributed by atoms with Gasteiger partial charge in [-0.2, -0.15) is 0 Å². The Bertz CT molecular complexity index is 851. The molecule has 1 aromatic carbocycles. The zero-order chi connectivity index (χ0) is 16.2. The second kappa shape index (κ2) is 8.01. The molecule has 0 saturated heterocycles. The topological polar surface area (TPSA) is 82.3 Å². The van der Waals surface area contributed by atoms with Crippen LogP contribution in [0.3, 0.4) is 0 Å². The van der Waals surface area contributed by atoms with E-state index in [1.165, 1.54) is 11.3 Å². The molecule has 7 heteroatoms. The smallest absolute Gasteiger partial charge is 0.343 e. The summed E-state index contributed by atoms with van der Waals surface area (Å²) in [6, 6.07) is 11.7. The number of hydrogen-bond donors (Lipinski definition) is 1. The maximum Gasteiger partial charge on any atom is 0.343 e. The second-order valence-electron chi connectivity index (χ2n) is 4.94. The monoisotopic (exact) mass is 362 g/mol. The van der Waals surface area contributed by atoms with Crippen LogP contribution in [0.5, 0.6) is 5.75 Å². The highest BCUT2D eigenvalue weighted by atomic mass is 35.5. The van der Waals surface area contributed by atoms with E-state index in [4.69, 9.17) is 10.5 Å². The predicted octanol–water partition coefficient (Wildman–Crippen LogP) is 3.53. The van der Waals surface area contributed by atoms with Crippen molar-refractivity contribution in [2.45, 2.75) is 12.5 Å². The summed E-state index contributed by atoms with van der Waals surface area (Å²) in [5.41, 5.74) is 7.64. The molecule has 0 bridgehead atoms. The summed E-state index contributed by atoms with van der Waals surface area (Å²) >= 11 is 1.43. The van der Waals surface area contributed by atoms with Crippen molar-refractivity contribution >= 4 is 46.2 Å². The molecule has 5 nitrogen and oxygen atoms in total. The summed E-state index contributed by atoms with van der Waals surface area (Å²) in [4.78, 5) is 27.3. The molecule has 0 aliphatic rings. The van der Waals surface area contributed by atoms with E-state index in [0.29, 0.717) is 22.5 Å². The molecule has 1 atom stereocenters. The molecule has 0 spiro atoms. The number of ether oxygens (including phenoxy) is 1. The van der Waals surface area contributed by atoms with Crippen LogP contribution in [0.1, 0.15) is 28.5 Å². The number of halogens is 1. The van der Waals surface area contributed by atoms with Crippen molar-refractivity contribution in [1.82, 2.24) is 4.98 Å². The number of rotatable bonds is 5. The van der Waals surface area contributed by atoms with E-state index in [1.807, 2.05) is 17.5 Å². The van der Waals surface area contributed by atoms with E-state index >= 15 is 0 Å². The number of pyridine rings is 1. The summed E-state index contributed by atoms with van der Waals surface area (Å²) < 4.78 is 6.30. The van der Waals surface area contributed by atoms with Gasteiger partial charge >= 0.3 is 5.97 Å². The molecule has 0 fully saturated rings. The van der Waals surface area contributed by atoms with E-state index in [1.54, 1.807) is 30.3 Å². The number of esters is 1. The fourth-order valence-electron chi connectivity index (χ4n) is 2.17. The van der Waals surface area contributed by atoms with E-state index in [2.05, 4.69) is 4.98 Å². The standard InChI is InChI=1S/C17H14N2O3S.ClH/c18-12(6-8-20)14-10-15(16-13(19-14)7-9-23-16)22-17(21)11-4-2-1-3-5-11;/h1-5,7-10,12H,6,18H2;1H. The maximum atomic E-state index is 12.3. The first kappa shape index (κ1) is 18.1. The van der Waals surface area contributed by atoms with Crippen molar-refractivity contribution in [1.29, 1.82) is 0 Å². The fourth-order valence-corrected chi connectivity index (χ4v) is 2.95. The van der Waals surface area contributed by atoms with Crippen LogP contribution in [0.25, 0.3) is 10.2 Å². The zero-order valence-corrected chi connectivity index (χ0v) is 14.2. The van der Waals surface area contributed by atoms with Gasteiger partial charge in [0.25, 0.3) is 0 Å². The van der Waals surface area contributed by atoms with Crippen LogP contribution >= 0.6 is 23.7 Å². The van der Waals surface area contributed by atoms with E-state index in [0.717, 1.165) is 11.0 Å². The average Bonchev–Trinajstić information content (AvgIpc) is 3.04. The largest absolute Gasteiger partial charge is 0.421 e. The van der Waals surface area contributed by atoms with Crippen LogP contribution in [0.15, 0.2) is 47.8 Å². The molecular formula is C17H15ClN2O3S. The highest BCUT2D eigenvalue weighted by Gasteiger charge is 2.16. The lowest BCUT2D eigenvalue weighted by Gasteiger charge is -2.11. The molecule has 24 heavy (non-hydrogen) atoms. The molecule has 0 saturated carbocycles. The van der Waals surface area contributed by atoms with Crippen LogP contribution in [0, 0.1) is 0 Å². The van der Waals surface area contributed by atoms with Crippen LogP contribution in [0.2, 0.25) is 0 Å². The van der Waals surface area contributed by atoms with Crippen molar-refractivity contribution in [3.8, 4) is 5.75 Å². The van der Waals surface area contributed by atoms with Crippen LogP contribution in [0.4, 0.5) is 0 Å². The Labute approximate surface area is 148 Å². The van der Waals surface area contributed by atoms with Crippen molar-refractivity contribution in [3.63, 3.8) is 0 Å². The molecule has 0 amide bonds. The molecule has 2 heterocycles. The Morgan fingerprint density at radius 3 is 2.75 bits per heavy atom. The van der Waals surface area contributed by atoms with E-state index in [9.17, 15) is 9.59 Å². The number of carbonyl (C=O) groups is 2. The Hall–Kier alpha value is -2.28. The molecule has 3 aromatic rings. The first-order chi connectivity index (χ1) is 11.2. The first-order valence-electron chi connectivity index (χ1n) is 7.03. The van der Waals surface area contributed by atoms with Gasteiger partial charge in [0.2, 0.25) is 0 Å². The number of benzene rings is 1. The second-order valence-corrected chi connectivity index (χ2v) is 5.86. The van der Waals surface area contributed by atoms with E-state index in [-0.39, 0.29) is 18.8 Å². The highest BCUT2D eigenvalue weighted by molar-refractivity contribution is 7.17. The third-order valence-electron chi connectivity index (χ3n) is 3.34. The van der Waals surface area contributed by atoms with Gasteiger partial charge in [-0.3, -0.25) is 0 Å². The third-order valence-corrected chi connectivity index (χ3v) is 4.26. The molecule has 2 aromatic heterocycles. The van der Waals surface area contributed by atoms with Gasteiger partial charge in [0.05, 0.1) is 27.5 Å². The average molecular weight is 363 g/mol. The summed E-state index contributed by atoms with van der Waals surface area (Å²) in [6.07, 6.45) is 0.911. The quantitative estimate of drug-likeness (QED) is 0.554. The van der Waals surface area contributed by atoms with Crippen molar-refractivity contribution in [2.24, 2.45) is 5.73 Å². The number of carbonyl (C=O) groups excluding carboxylic acids is 2. The lowest BCUT2D eigenvalue weighted by atomic mass is 10.1. The van der Waals surface area contributed by atoms with Crippen LogP contribution in [-0.2, 0) is 4.79 Å². The Kier molecular flexibility index (Phi) is 6.03.